The molecule has 0 saturated carbocycles. The number of aryl methyl sites for hydroxylation is 1. The Bertz CT molecular complexity index is 750. The van der Waals surface area contributed by atoms with Gasteiger partial charge < -0.3 is 5.11 Å². The third-order valence-corrected chi connectivity index (χ3v) is 6.03. The van der Waals surface area contributed by atoms with Gasteiger partial charge in [0.2, 0.25) is 10.0 Å². The first kappa shape index (κ1) is 15.7. The molecule has 0 aliphatic rings. The van der Waals surface area contributed by atoms with Crippen molar-refractivity contribution >= 4 is 27.3 Å². The van der Waals surface area contributed by atoms with Crippen LogP contribution in [0.5, 0.6) is 0 Å². The van der Waals surface area contributed by atoms with E-state index in [1.165, 1.54) is 12.1 Å². The van der Waals surface area contributed by atoms with Gasteiger partial charge in [-0.1, -0.05) is 24.3 Å². The molecule has 112 valence electrons. The zero-order valence-corrected chi connectivity index (χ0v) is 13.0. The molecule has 2 aromatic rings. The van der Waals surface area contributed by atoms with Gasteiger partial charge in [-0.15, -0.1) is 11.3 Å². The molecule has 2 N–H and O–H groups in total. The lowest BCUT2D eigenvalue weighted by Crippen LogP contribution is -2.25. The Labute approximate surface area is 127 Å². The van der Waals surface area contributed by atoms with Crippen molar-refractivity contribution in [3.8, 4) is 0 Å². The molecule has 0 radical (unpaired) electrons. The first-order valence-electron chi connectivity index (χ1n) is 6.27. The number of benzene rings is 1. The van der Waals surface area contributed by atoms with E-state index >= 15 is 0 Å². The van der Waals surface area contributed by atoms with Gasteiger partial charge in [-0.2, -0.15) is 0 Å². The van der Waals surface area contributed by atoms with Gasteiger partial charge in [0.15, 0.2) is 0 Å². The standard InChI is InChI=1S/C14H15NO4S2/c1-10-4-2-3-5-11(10)8-9-15-21(18,19)13-7-6-12(20-13)14(16)17/h2-7,15H,8-9H2,1H3,(H,16,17). The van der Waals surface area contributed by atoms with Crippen LogP contribution in [-0.2, 0) is 16.4 Å². The van der Waals surface area contributed by atoms with Crippen molar-refractivity contribution in [2.75, 3.05) is 6.54 Å². The molecule has 21 heavy (non-hydrogen) atoms. The monoisotopic (exact) mass is 325 g/mol. The molecule has 0 unspecified atom stereocenters. The van der Waals surface area contributed by atoms with Gasteiger partial charge in [-0.3, -0.25) is 0 Å². The molecule has 0 amide bonds. The van der Waals surface area contributed by atoms with Crippen molar-refractivity contribution in [2.45, 2.75) is 17.6 Å². The van der Waals surface area contributed by atoms with Gasteiger partial charge in [0.25, 0.3) is 0 Å². The molecule has 1 aromatic heterocycles. The summed E-state index contributed by atoms with van der Waals surface area (Å²) in [5, 5.41) is 8.81. The van der Waals surface area contributed by atoms with Crippen LogP contribution < -0.4 is 4.72 Å². The van der Waals surface area contributed by atoms with E-state index in [1.54, 1.807) is 0 Å². The largest absolute Gasteiger partial charge is 0.477 e. The minimum atomic E-state index is -3.65. The van der Waals surface area contributed by atoms with Crippen LogP contribution in [0.15, 0.2) is 40.6 Å². The number of hydrogen-bond acceptors (Lipinski definition) is 4. The summed E-state index contributed by atoms with van der Waals surface area (Å²) in [5.74, 6) is -1.12. The normalized spacial score (nSPS) is 11.5. The van der Waals surface area contributed by atoms with E-state index in [0.29, 0.717) is 6.42 Å². The Morgan fingerprint density at radius 3 is 2.57 bits per heavy atom. The van der Waals surface area contributed by atoms with Crippen LogP contribution in [0.25, 0.3) is 0 Å². The SMILES string of the molecule is Cc1ccccc1CCNS(=O)(=O)c1ccc(C(=O)O)s1. The average Bonchev–Trinajstić information content (AvgIpc) is 2.91. The van der Waals surface area contributed by atoms with Crippen molar-refractivity contribution in [3.05, 3.63) is 52.4 Å². The highest BCUT2D eigenvalue weighted by Crippen LogP contribution is 2.21. The Balaban J connectivity index is 2.01. The van der Waals surface area contributed by atoms with Crippen LogP contribution in [-0.4, -0.2) is 26.0 Å². The first-order valence-corrected chi connectivity index (χ1v) is 8.57. The number of carboxylic acid groups (broad SMARTS) is 1. The zero-order chi connectivity index (χ0) is 15.5. The molecule has 0 fully saturated rings. The second kappa shape index (κ2) is 6.38. The number of aromatic carboxylic acids is 1. The van der Waals surface area contributed by atoms with Crippen LogP contribution in [0.3, 0.4) is 0 Å². The highest BCUT2D eigenvalue weighted by molar-refractivity contribution is 7.91. The van der Waals surface area contributed by atoms with Crippen LogP contribution in [0.2, 0.25) is 0 Å². The maximum atomic E-state index is 12.0. The van der Waals surface area contributed by atoms with Crippen LogP contribution in [0.1, 0.15) is 20.8 Å². The van der Waals surface area contributed by atoms with Crippen molar-refractivity contribution in [2.24, 2.45) is 0 Å². The number of thiophene rings is 1. The minimum Gasteiger partial charge on any atom is -0.477 e. The van der Waals surface area contributed by atoms with Gasteiger partial charge in [0, 0.05) is 6.54 Å². The van der Waals surface area contributed by atoms with Crippen LogP contribution in [0.4, 0.5) is 0 Å². The number of carboxylic acids is 1. The molecule has 5 nitrogen and oxygen atoms in total. The highest BCUT2D eigenvalue weighted by atomic mass is 32.2. The first-order chi connectivity index (χ1) is 9.90. The van der Waals surface area contributed by atoms with Gasteiger partial charge >= 0.3 is 5.97 Å². The van der Waals surface area contributed by atoms with Gasteiger partial charge in [0.05, 0.1) is 0 Å². The second-order valence-corrected chi connectivity index (χ2v) is 7.58. The van der Waals surface area contributed by atoms with E-state index in [-0.39, 0.29) is 15.6 Å². The molecule has 1 aromatic carbocycles. The summed E-state index contributed by atoms with van der Waals surface area (Å²) in [7, 11) is -3.65. The molecule has 0 atom stereocenters. The summed E-state index contributed by atoms with van der Waals surface area (Å²) in [5.41, 5.74) is 2.19. The lowest BCUT2D eigenvalue weighted by atomic mass is 10.1. The minimum absolute atomic E-state index is 0.00859. The summed E-state index contributed by atoms with van der Waals surface area (Å²) in [6.07, 6.45) is 0.586. The summed E-state index contributed by atoms with van der Waals surface area (Å²) in [6.45, 7) is 2.25. The van der Waals surface area contributed by atoms with E-state index in [2.05, 4.69) is 4.72 Å². The quantitative estimate of drug-likeness (QED) is 0.853. The zero-order valence-electron chi connectivity index (χ0n) is 11.4. The number of hydrogen-bond donors (Lipinski definition) is 2. The van der Waals surface area contributed by atoms with E-state index in [4.69, 9.17) is 5.11 Å². The molecule has 0 aliphatic carbocycles. The van der Waals surface area contributed by atoms with E-state index < -0.39 is 16.0 Å². The van der Waals surface area contributed by atoms with Gasteiger partial charge in [-0.05, 0) is 36.6 Å². The summed E-state index contributed by atoms with van der Waals surface area (Å²) >= 11 is 0.747. The number of rotatable bonds is 6. The second-order valence-electron chi connectivity index (χ2n) is 4.50. The maximum Gasteiger partial charge on any atom is 0.345 e. The third-order valence-electron chi connectivity index (χ3n) is 3.00. The number of nitrogens with one attached hydrogen (secondary N) is 1. The predicted molar refractivity (Wildman–Crippen MR) is 81.3 cm³/mol. The fourth-order valence-electron chi connectivity index (χ4n) is 1.86. The average molecular weight is 325 g/mol. The Morgan fingerprint density at radius 2 is 1.95 bits per heavy atom. The topological polar surface area (TPSA) is 83.5 Å². The van der Waals surface area contributed by atoms with Crippen LogP contribution >= 0.6 is 11.3 Å². The summed E-state index contributed by atoms with van der Waals surface area (Å²) in [4.78, 5) is 10.8. The lowest BCUT2D eigenvalue weighted by molar-refractivity contribution is 0.0702. The molecule has 0 spiro atoms. The Hall–Kier alpha value is -1.70. The smallest absolute Gasteiger partial charge is 0.345 e. The van der Waals surface area contributed by atoms with Crippen LogP contribution in [0, 0.1) is 6.92 Å². The Morgan fingerprint density at radius 1 is 1.24 bits per heavy atom. The Kier molecular flexibility index (Phi) is 4.76. The molecular formula is C14H15NO4S2. The number of carbonyl (C=O) groups is 1. The summed E-state index contributed by atoms with van der Waals surface area (Å²) in [6, 6.07) is 10.4. The molecule has 1 heterocycles. The van der Waals surface area contributed by atoms with Crippen molar-refractivity contribution in [1.82, 2.24) is 4.72 Å². The fraction of sp³-hybridized carbons (Fsp3) is 0.214. The van der Waals surface area contributed by atoms with Gasteiger partial charge in [-0.25, -0.2) is 17.9 Å². The number of sulfonamides is 1. The molecule has 0 bridgehead atoms. The van der Waals surface area contributed by atoms with E-state index in [0.717, 1.165) is 22.5 Å². The van der Waals surface area contributed by atoms with E-state index in [9.17, 15) is 13.2 Å². The molecule has 0 saturated heterocycles. The van der Waals surface area contributed by atoms with Gasteiger partial charge in [0.1, 0.15) is 9.09 Å². The van der Waals surface area contributed by atoms with E-state index in [1.807, 2.05) is 31.2 Å². The fourth-order valence-corrected chi connectivity index (χ4v) is 4.08. The van der Waals surface area contributed by atoms with Crippen molar-refractivity contribution < 1.29 is 18.3 Å². The molecule has 0 aliphatic heterocycles. The lowest BCUT2D eigenvalue weighted by Gasteiger charge is -2.07. The maximum absolute atomic E-state index is 12.0. The third kappa shape index (κ3) is 3.90. The van der Waals surface area contributed by atoms with Crippen molar-refractivity contribution in [1.29, 1.82) is 0 Å². The summed E-state index contributed by atoms with van der Waals surface area (Å²) < 4.78 is 26.6. The molecular weight excluding hydrogens is 310 g/mol. The predicted octanol–water partition coefficient (Wildman–Crippen LogP) is 2.28. The highest BCUT2D eigenvalue weighted by Gasteiger charge is 2.18. The van der Waals surface area contributed by atoms with Crippen molar-refractivity contribution in [3.63, 3.8) is 0 Å². The molecule has 2 rings (SSSR count). The molecule has 7 heteroatoms.